The maximum atomic E-state index is 12.7. The van der Waals surface area contributed by atoms with Crippen molar-refractivity contribution in [2.45, 2.75) is 46.6 Å². The van der Waals surface area contributed by atoms with Gasteiger partial charge in [0.1, 0.15) is 12.1 Å². The Kier molecular flexibility index (Phi) is 4.59. The number of carbonyl (C=O) groups is 1. The minimum absolute atomic E-state index is 0.0100. The van der Waals surface area contributed by atoms with Crippen molar-refractivity contribution in [3.05, 3.63) is 23.5 Å². The number of nitrogens with zero attached hydrogens (tertiary/aromatic N) is 4. The molecule has 144 valence electrons. The summed E-state index contributed by atoms with van der Waals surface area (Å²) in [6, 6.07) is -0.261. The molecule has 1 aliphatic rings. The maximum Gasteiger partial charge on any atom is 0.231 e. The molecule has 0 spiro atoms. The molecule has 4 rings (SSSR count). The van der Waals surface area contributed by atoms with E-state index in [1.807, 2.05) is 13.8 Å². The van der Waals surface area contributed by atoms with Crippen molar-refractivity contribution in [3.8, 4) is 0 Å². The van der Waals surface area contributed by atoms with Crippen LogP contribution >= 0.6 is 0 Å². The Morgan fingerprint density at radius 1 is 1.30 bits per heavy atom. The Bertz CT molecular complexity index is 984. The standard InChI is InChI=1S/C19H25N5O3/c1-10(2)15(21-18(25)13-5-7-26-8-6-13)16-22-17-14-11(3)12(4)27-19(14)20-9-24(17)23-16/h9-10,13,15H,5-8H2,1-4H3,(H,21,25). The van der Waals surface area contributed by atoms with Gasteiger partial charge < -0.3 is 14.5 Å². The van der Waals surface area contributed by atoms with Crippen LogP contribution in [-0.2, 0) is 9.53 Å². The van der Waals surface area contributed by atoms with E-state index in [4.69, 9.17) is 14.1 Å². The molecule has 8 heteroatoms. The fraction of sp³-hybridized carbons (Fsp3) is 0.579. The number of hydrogen-bond donors (Lipinski definition) is 1. The largest absolute Gasteiger partial charge is 0.443 e. The SMILES string of the molecule is Cc1oc2ncn3nc(C(NC(=O)C4CCOCC4)C(C)C)nc3c2c1C. The lowest BCUT2D eigenvalue weighted by Crippen LogP contribution is -2.38. The lowest BCUT2D eigenvalue weighted by Gasteiger charge is -2.25. The highest BCUT2D eigenvalue weighted by atomic mass is 16.5. The quantitative estimate of drug-likeness (QED) is 0.758. The van der Waals surface area contributed by atoms with Gasteiger partial charge in [-0.15, -0.1) is 5.10 Å². The van der Waals surface area contributed by atoms with Crippen LogP contribution in [0.25, 0.3) is 16.7 Å². The van der Waals surface area contributed by atoms with Crippen LogP contribution in [0.4, 0.5) is 0 Å². The molecule has 1 unspecified atom stereocenters. The minimum atomic E-state index is -0.261. The van der Waals surface area contributed by atoms with Crippen LogP contribution in [0.5, 0.6) is 0 Å². The molecule has 1 amide bonds. The van der Waals surface area contributed by atoms with Gasteiger partial charge in [0.05, 0.1) is 11.4 Å². The van der Waals surface area contributed by atoms with Crippen molar-refractivity contribution in [2.24, 2.45) is 11.8 Å². The Labute approximate surface area is 157 Å². The molecule has 0 aromatic carbocycles. The first-order valence-electron chi connectivity index (χ1n) is 9.44. The second-order valence-corrected chi connectivity index (χ2v) is 7.56. The summed E-state index contributed by atoms with van der Waals surface area (Å²) in [6.07, 6.45) is 3.12. The summed E-state index contributed by atoms with van der Waals surface area (Å²) in [7, 11) is 0. The summed E-state index contributed by atoms with van der Waals surface area (Å²) >= 11 is 0. The van der Waals surface area contributed by atoms with Crippen LogP contribution in [0.1, 0.15) is 49.9 Å². The maximum absolute atomic E-state index is 12.7. The van der Waals surface area contributed by atoms with Crippen molar-refractivity contribution in [1.29, 1.82) is 0 Å². The van der Waals surface area contributed by atoms with Gasteiger partial charge in [0.2, 0.25) is 11.6 Å². The van der Waals surface area contributed by atoms with Crippen molar-refractivity contribution in [1.82, 2.24) is 24.9 Å². The Morgan fingerprint density at radius 3 is 2.74 bits per heavy atom. The number of nitrogens with one attached hydrogen (secondary N) is 1. The molecule has 27 heavy (non-hydrogen) atoms. The van der Waals surface area contributed by atoms with E-state index in [-0.39, 0.29) is 23.8 Å². The molecular weight excluding hydrogens is 346 g/mol. The van der Waals surface area contributed by atoms with Gasteiger partial charge in [-0.2, -0.15) is 0 Å². The minimum Gasteiger partial charge on any atom is -0.443 e. The van der Waals surface area contributed by atoms with E-state index in [1.165, 1.54) is 0 Å². The van der Waals surface area contributed by atoms with Crippen LogP contribution in [0.2, 0.25) is 0 Å². The van der Waals surface area contributed by atoms with Gasteiger partial charge in [-0.1, -0.05) is 13.8 Å². The van der Waals surface area contributed by atoms with E-state index < -0.39 is 0 Å². The van der Waals surface area contributed by atoms with Crippen molar-refractivity contribution in [2.75, 3.05) is 13.2 Å². The van der Waals surface area contributed by atoms with E-state index in [9.17, 15) is 4.79 Å². The summed E-state index contributed by atoms with van der Waals surface area (Å²) in [5.41, 5.74) is 2.27. The highest BCUT2D eigenvalue weighted by Gasteiger charge is 2.28. The van der Waals surface area contributed by atoms with Gasteiger partial charge in [0, 0.05) is 24.7 Å². The Hall–Kier alpha value is -2.48. The molecule has 1 N–H and O–H groups in total. The molecule has 3 aromatic heterocycles. The third-order valence-corrected chi connectivity index (χ3v) is 5.36. The van der Waals surface area contributed by atoms with E-state index in [0.29, 0.717) is 30.4 Å². The number of rotatable bonds is 4. The summed E-state index contributed by atoms with van der Waals surface area (Å²) < 4.78 is 12.7. The summed E-state index contributed by atoms with van der Waals surface area (Å²) in [5, 5.41) is 8.62. The fourth-order valence-corrected chi connectivity index (χ4v) is 3.55. The van der Waals surface area contributed by atoms with Crippen LogP contribution in [0, 0.1) is 25.7 Å². The molecule has 1 atom stereocenters. The summed E-state index contributed by atoms with van der Waals surface area (Å²) in [4.78, 5) is 21.8. The Balaban J connectivity index is 1.69. The molecule has 1 saturated heterocycles. The van der Waals surface area contributed by atoms with Gasteiger partial charge in [-0.25, -0.2) is 14.5 Å². The molecule has 0 radical (unpaired) electrons. The second kappa shape index (κ2) is 6.92. The number of hydrogen-bond acceptors (Lipinski definition) is 6. The van der Waals surface area contributed by atoms with Gasteiger partial charge >= 0.3 is 0 Å². The molecule has 8 nitrogen and oxygen atoms in total. The molecule has 0 saturated carbocycles. The van der Waals surface area contributed by atoms with Crippen molar-refractivity contribution >= 4 is 22.7 Å². The average Bonchev–Trinajstić information content (AvgIpc) is 3.20. The van der Waals surface area contributed by atoms with E-state index in [1.54, 1.807) is 10.8 Å². The van der Waals surface area contributed by atoms with E-state index in [2.05, 4.69) is 29.2 Å². The zero-order valence-electron chi connectivity index (χ0n) is 16.2. The van der Waals surface area contributed by atoms with Gasteiger partial charge in [0.25, 0.3) is 0 Å². The predicted octanol–water partition coefficient (Wildman–Crippen LogP) is 2.73. The van der Waals surface area contributed by atoms with Crippen molar-refractivity contribution in [3.63, 3.8) is 0 Å². The highest BCUT2D eigenvalue weighted by molar-refractivity contribution is 5.91. The molecule has 4 heterocycles. The van der Waals surface area contributed by atoms with Gasteiger partial charge in [-0.05, 0) is 32.6 Å². The third kappa shape index (κ3) is 3.18. The number of fused-ring (bicyclic) bond motifs is 3. The van der Waals surface area contributed by atoms with Gasteiger partial charge in [0.15, 0.2) is 11.5 Å². The number of ether oxygens (including phenoxy) is 1. The van der Waals surface area contributed by atoms with Crippen LogP contribution in [0.15, 0.2) is 10.7 Å². The Morgan fingerprint density at radius 2 is 2.04 bits per heavy atom. The van der Waals surface area contributed by atoms with Crippen LogP contribution in [-0.4, -0.2) is 38.7 Å². The normalized spacial score (nSPS) is 17.1. The fourth-order valence-electron chi connectivity index (χ4n) is 3.55. The molecule has 3 aromatic rings. The number of furan rings is 1. The molecule has 1 fully saturated rings. The first-order valence-corrected chi connectivity index (χ1v) is 9.44. The lowest BCUT2D eigenvalue weighted by atomic mass is 9.97. The lowest BCUT2D eigenvalue weighted by molar-refractivity contribution is -0.129. The number of amides is 1. The zero-order valence-corrected chi connectivity index (χ0v) is 16.2. The topological polar surface area (TPSA) is 94.6 Å². The number of carbonyl (C=O) groups excluding carboxylic acids is 1. The second-order valence-electron chi connectivity index (χ2n) is 7.56. The molecule has 1 aliphatic heterocycles. The zero-order chi connectivity index (χ0) is 19.1. The number of aromatic nitrogens is 4. The predicted molar refractivity (Wildman–Crippen MR) is 99.3 cm³/mol. The van der Waals surface area contributed by atoms with Gasteiger partial charge in [-0.3, -0.25) is 4.79 Å². The van der Waals surface area contributed by atoms with E-state index >= 15 is 0 Å². The average molecular weight is 371 g/mol. The van der Waals surface area contributed by atoms with Crippen molar-refractivity contribution < 1.29 is 13.9 Å². The highest BCUT2D eigenvalue weighted by Crippen LogP contribution is 2.28. The van der Waals surface area contributed by atoms with E-state index in [0.717, 1.165) is 29.6 Å². The number of aryl methyl sites for hydroxylation is 2. The van der Waals surface area contributed by atoms with Crippen LogP contribution in [0.3, 0.4) is 0 Å². The molecule has 0 aliphatic carbocycles. The first kappa shape index (κ1) is 17.9. The smallest absolute Gasteiger partial charge is 0.231 e. The monoisotopic (exact) mass is 371 g/mol. The first-order chi connectivity index (χ1) is 13.0. The molecule has 0 bridgehead atoms. The third-order valence-electron chi connectivity index (χ3n) is 5.36. The van der Waals surface area contributed by atoms with Crippen LogP contribution < -0.4 is 5.32 Å². The molecular formula is C19H25N5O3. The summed E-state index contributed by atoms with van der Waals surface area (Å²) in [6.45, 7) is 9.29. The summed E-state index contributed by atoms with van der Waals surface area (Å²) in [5.74, 6) is 1.61.